The van der Waals surface area contributed by atoms with Gasteiger partial charge < -0.3 is 32.4 Å². The third-order valence-corrected chi connectivity index (χ3v) is 0. The fourth-order valence-corrected chi connectivity index (χ4v) is 0. The maximum absolute atomic E-state index is 9.53. The van der Waals surface area contributed by atoms with E-state index in [1.54, 1.807) is 13.8 Å². The Kier molecular flexibility index (Phi) is 36.0. The zero-order valence-electron chi connectivity index (χ0n) is 6.75. The van der Waals surface area contributed by atoms with Gasteiger partial charge in [0.25, 0.3) is 0 Å². The van der Waals surface area contributed by atoms with Gasteiger partial charge in [0.2, 0.25) is 6.16 Å². The number of quaternary nitrogens is 2. The van der Waals surface area contributed by atoms with E-state index in [4.69, 9.17) is 15.0 Å². The van der Waals surface area contributed by atoms with E-state index in [1.807, 2.05) is 0 Å². The van der Waals surface area contributed by atoms with Crippen LogP contribution in [0, 0.1) is 0 Å². The highest BCUT2D eigenvalue weighted by atomic mass is 16.6. The minimum Gasteiger partial charge on any atom is -0.852 e. The molecular weight excluding hydrogens is 140 g/mol. The van der Waals surface area contributed by atoms with Crippen molar-refractivity contribution in [1.82, 2.24) is 12.3 Å². The average molecular weight is 156 g/mol. The predicted molar refractivity (Wildman–Crippen MR) is 35.1 cm³/mol. The lowest BCUT2D eigenvalue weighted by atomic mass is 10.5. The summed E-state index contributed by atoms with van der Waals surface area (Å²) in [6.45, 7) is 3.22. The van der Waals surface area contributed by atoms with Crippen molar-refractivity contribution in [3.05, 3.63) is 0 Å². The van der Waals surface area contributed by atoms with Crippen molar-refractivity contribution in [3.63, 3.8) is 0 Å². The molecule has 66 valence electrons. The second-order valence-corrected chi connectivity index (χ2v) is 1.31. The molecule has 0 fully saturated rings. The summed E-state index contributed by atoms with van der Waals surface area (Å²) in [7, 11) is 0. The van der Waals surface area contributed by atoms with Gasteiger partial charge in [0, 0.05) is 0 Å². The fraction of sp³-hybridized carbons (Fsp3) is 0.750. The van der Waals surface area contributed by atoms with Gasteiger partial charge in [-0.25, -0.2) is 0 Å². The van der Waals surface area contributed by atoms with Crippen LogP contribution in [0.4, 0.5) is 4.79 Å². The van der Waals surface area contributed by atoms with Crippen LogP contribution in [0.5, 0.6) is 0 Å². The van der Waals surface area contributed by atoms with Gasteiger partial charge in [-0.1, -0.05) is 13.8 Å². The van der Waals surface area contributed by atoms with Crippen LogP contribution in [-0.2, 0) is 0 Å². The van der Waals surface area contributed by atoms with E-state index >= 15 is 0 Å². The standard InChI is InChI=1S/C3H7O.CH2O3.2H3N/c1-3(2)4;2-1(3)4;;/h3H,1-2H3;(H2,2,3,4);2*1H3/q-1;;;/p+1. The maximum atomic E-state index is 9.53. The lowest BCUT2D eigenvalue weighted by Gasteiger charge is -2.02. The van der Waals surface area contributed by atoms with E-state index in [9.17, 15) is 5.11 Å². The van der Waals surface area contributed by atoms with Gasteiger partial charge in [0.05, 0.1) is 0 Å². The van der Waals surface area contributed by atoms with E-state index in [1.165, 1.54) is 0 Å². The van der Waals surface area contributed by atoms with E-state index in [2.05, 4.69) is 0 Å². The van der Waals surface area contributed by atoms with Crippen LogP contribution in [-0.4, -0.2) is 17.4 Å². The van der Waals surface area contributed by atoms with Gasteiger partial charge in [0.15, 0.2) is 0 Å². The summed E-state index contributed by atoms with van der Waals surface area (Å²) in [4.78, 5) is 8.44. The Bertz CT molecular complexity index is 59.5. The van der Waals surface area contributed by atoms with Crippen LogP contribution in [0.1, 0.15) is 13.8 Å². The summed E-state index contributed by atoms with van der Waals surface area (Å²) in [6, 6.07) is 0. The Balaban J connectivity index is -0.0000000300. The second-order valence-electron chi connectivity index (χ2n) is 1.31. The quantitative estimate of drug-likeness (QED) is 0.427. The minimum atomic E-state index is -2.08. The van der Waals surface area contributed by atoms with Crippen molar-refractivity contribution in [3.8, 4) is 0 Å². The molecule has 0 aromatic carbocycles. The minimum absolute atomic E-state index is 0. The van der Waals surface area contributed by atoms with Crippen molar-refractivity contribution in [2.24, 2.45) is 0 Å². The first-order valence-corrected chi connectivity index (χ1v) is 2.02. The number of hydrogen-bond acceptors (Lipinski definition) is 3. The summed E-state index contributed by atoms with van der Waals surface area (Å²) >= 11 is 0. The monoisotopic (exact) mass is 156 g/mol. The largest absolute Gasteiger partial charge is 0.852 e. The van der Waals surface area contributed by atoms with Crippen LogP contribution >= 0.6 is 0 Å². The van der Waals surface area contributed by atoms with Gasteiger partial charge >= 0.3 is 0 Å². The molecule has 0 radical (unpaired) electrons. The summed E-state index contributed by atoms with van der Waals surface area (Å²) in [5, 5.41) is 24.8. The Morgan fingerprint density at radius 1 is 1.40 bits per heavy atom. The number of carbonyl (C=O) groups is 1. The van der Waals surface area contributed by atoms with Crippen molar-refractivity contribution in [2.75, 3.05) is 0 Å². The maximum Gasteiger partial charge on any atom is 0.249 e. The first kappa shape index (κ1) is 22.9. The van der Waals surface area contributed by atoms with Crippen LogP contribution < -0.4 is 22.5 Å². The Hall–Kier alpha value is -0.850. The highest BCUT2D eigenvalue weighted by molar-refractivity contribution is 5.50. The molecular formula is C4H16N2O4. The van der Waals surface area contributed by atoms with Crippen molar-refractivity contribution in [2.45, 2.75) is 20.0 Å². The van der Waals surface area contributed by atoms with Crippen molar-refractivity contribution < 1.29 is 20.1 Å². The second kappa shape index (κ2) is 15.7. The molecule has 0 saturated carbocycles. The topological polar surface area (TPSA) is 156 Å². The molecule has 6 heteroatoms. The molecule has 0 spiro atoms. The predicted octanol–water partition coefficient (Wildman–Crippen LogP) is -0.605. The first-order chi connectivity index (χ1) is 3.46. The summed E-state index contributed by atoms with van der Waals surface area (Å²) in [5.74, 6) is 0. The molecule has 0 aliphatic carbocycles. The third-order valence-electron chi connectivity index (χ3n) is 0. The zero-order chi connectivity index (χ0) is 7.15. The number of rotatable bonds is 0. The molecule has 0 heterocycles. The Morgan fingerprint density at radius 2 is 1.40 bits per heavy atom. The van der Waals surface area contributed by atoms with Gasteiger partial charge in [-0.2, -0.15) is 0 Å². The van der Waals surface area contributed by atoms with Crippen LogP contribution in [0.15, 0.2) is 0 Å². The number of hydrogen-bond donors (Lipinski definition) is 3. The average Bonchev–Trinajstić information content (AvgIpc) is 1.25. The summed E-state index contributed by atoms with van der Waals surface area (Å²) < 4.78 is 0. The van der Waals surface area contributed by atoms with Gasteiger partial charge in [0.1, 0.15) is 0 Å². The van der Waals surface area contributed by atoms with Crippen LogP contribution in [0.3, 0.4) is 0 Å². The smallest absolute Gasteiger partial charge is 0.249 e. The lowest BCUT2D eigenvalue weighted by Crippen LogP contribution is -2.17. The molecule has 0 aliphatic rings. The Morgan fingerprint density at radius 3 is 1.40 bits per heavy atom. The molecule has 0 aliphatic heterocycles. The molecule has 10 heavy (non-hydrogen) atoms. The van der Waals surface area contributed by atoms with E-state index < -0.39 is 12.3 Å². The highest BCUT2D eigenvalue weighted by Gasteiger charge is 1.53. The van der Waals surface area contributed by atoms with Gasteiger partial charge in [-0.15, -0.1) is 6.10 Å². The van der Waals surface area contributed by atoms with E-state index in [0.717, 1.165) is 0 Å². The normalized spacial score (nSPS) is 6.00. The molecule has 9 N–H and O–H groups in total. The summed E-state index contributed by atoms with van der Waals surface area (Å²) in [6.07, 6.45) is -2.50. The SMILES string of the molecule is CC(C)[O-].O=C([O-])O.[NH4+].[NH4+]. The lowest BCUT2D eigenvalue weighted by molar-refractivity contribution is -0.407. The first-order valence-electron chi connectivity index (χ1n) is 2.02. The zero-order valence-corrected chi connectivity index (χ0v) is 6.75. The summed E-state index contributed by atoms with van der Waals surface area (Å²) in [5.41, 5.74) is 0. The Labute approximate surface area is 59.7 Å². The highest BCUT2D eigenvalue weighted by Crippen LogP contribution is 1.57. The molecule has 0 amide bonds. The molecule has 6 nitrogen and oxygen atoms in total. The van der Waals surface area contributed by atoms with Gasteiger partial charge in [-0.05, 0) is 0 Å². The van der Waals surface area contributed by atoms with Gasteiger partial charge in [-0.3, -0.25) is 0 Å². The van der Waals surface area contributed by atoms with Crippen LogP contribution in [0.25, 0.3) is 0 Å². The van der Waals surface area contributed by atoms with Crippen molar-refractivity contribution in [1.29, 1.82) is 0 Å². The molecule has 0 aromatic rings. The molecule has 0 saturated heterocycles. The van der Waals surface area contributed by atoms with Crippen LogP contribution in [0.2, 0.25) is 0 Å². The molecule has 0 unspecified atom stereocenters. The molecule has 0 rings (SSSR count). The molecule has 0 aromatic heterocycles. The number of carboxylic acid groups (broad SMARTS) is 2. The van der Waals surface area contributed by atoms with E-state index in [-0.39, 0.29) is 12.3 Å². The molecule has 0 bridgehead atoms. The fourth-order valence-electron chi connectivity index (χ4n) is 0. The third kappa shape index (κ3) is 374. The molecule has 0 atom stereocenters. The van der Waals surface area contributed by atoms with E-state index in [0.29, 0.717) is 0 Å². The van der Waals surface area contributed by atoms with Crippen molar-refractivity contribution >= 4 is 6.16 Å².